The normalized spacial score (nSPS) is 18.1. The first-order chi connectivity index (χ1) is 14.5. The van der Waals surface area contributed by atoms with Crippen LogP contribution in [0.4, 0.5) is 0 Å². The van der Waals surface area contributed by atoms with Gasteiger partial charge in [-0.15, -0.1) is 11.3 Å². The van der Waals surface area contributed by atoms with E-state index in [-0.39, 0.29) is 23.3 Å². The molecule has 1 aliphatic heterocycles. The van der Waals surface area contributed by atoms with Crippen molar-refractivity contribution in [3.63, 3.8) is 0 Å². The second-order valence-electron chi connectivity index (χ2n) is 7.44. The minimum atomic E-state index is -2.93. The van der Waals surface area contributed by atoms with Crippen LogP contribution < -0.4 is 5.32 Å². The van der Waals surface area contributed by atoms with Crippen LogP contribution in [0.2, 0.25) is 0 Å². The molecule has 4 rings (SSSR count). The molecule has 0 radical (unpaired) electrons. The molecule has 8 heteroatoms. The van der Waals surface area contributed by atoms with Gasteiger partial charge >= 0.3 is 0 Å². The van der Waals surface area contributed by atoms with E-state index in [4.69, 9.17) is 5.10 Å². The number of hydrogen-bond donors (Lipinski definition) is 1. The summed E-state index contributed by atoms with van der Waals surface area (Å²) in [7, 11) is -2.93. The quantitative estimate of drug-likeness (QED) is 0.571. The van der Waals surface area contributed by atoms with Crippen molar-refractivity contribution in [1.82, 2.24) is 15.1 Å². The minimum Gasteiger partial charge on any atom is -0.352 e. The van der Waals surface area contributed by atoms with E-state index in [1.807, 2.05) is 46.6 Å². The maximum Gasteiger partial charge on any atom is 0.244 e. The van der Waals surface area contributed by atoms with E-state index in [9.17, 15) is 13.2 Å². The van der Waals surface area contributed by atoms with Gasteiger partial charge in [0, 0.05) is 24.4 Å². The fourth-order valence-electron chi connectivity index (χ4n) is 3.52. The molecule has 1 aliphatic rings. The van der Waals surface area contributed by atoms with Crippen LogP contribution in [0.1, 0.15) is 17.5 Å². The van der Waals surface area contributed by atoms with Crippen LogP contribution in [0.25, 0.3) is 16.6 Å². The van der Waals surface area contributed by atoms with Crippen molar-refractivity contribution in [1.29, 1.82) is 0 Å². The van der Waals surface area contributed by atoms with Crippen LogP contribution in [0.15, 0.2) is 60.1 Å². The summed E-state index contributed by atoms with van der Waals surface area (Å²) in [6, 6.07) is 14.1. The van der Waals surface area contributed by atoms with Crippen molar-refractivity contribution in [3.05, 3.63) is 71.2 Å². The van der Waals surface area contributed by atoms with E-state index in [0.717, 1.165) is 21.7 Å². The van der Waals surface area contributed by atoms with E-state index in [1.165, 1.54) is 6.08 Å². The van der Waals surface area contributed by atoms with E-state index < -0.39 is 9.84 Å². The number of hydrogen-bond acceptors (Lipinski definition) is 5. The maximum absolute atomic E-state index is 12.3. The van der Waals surface area contributed by atoms with Crippen LogP contribution in [0, 0.1) is 5.92 Å². The first kappa shape index (κ1) is 20.6. The second kappa shape index (κ2) is 8.97. The van der Waals surface area contributed by atoms with Crippen LogP contribution in [0.5, 0.6) is 0 Å². The third-order valence-electron chi connectivity index (χ3n) is 5.04. The number of thiophene rings is 1. The molecule has 2 aromatic heterocycles. The van der Waals surface area contributed by atoms with E-state index in [0.29, 0.717) is 19.5 Å². The Bertz CT molecular complexity index is 1130. The predicted molar refractivity (Wildman–Crippen MR) is 120 cm³/mol. The Kier molecular flexibility index (Phi) is 6.15. The van der Waals surface area contributed by atoms with Gasteiger partial charge in [-0.05, 0) is 35.4 Å². The Balaban J connectivity index is 1.46. The Morgan fingerprint density at radius 1 is 1.23 bits per heavy atom. The lowest BCUT2D eigenvalue weighted by Gasteiger charge is -2.07. The van der Waals surface area contributed by atoms with Gasteiger partial charge in [-0.1, -0.05) is 36.4 Å². The molecular formula is C22H23N3O3S2. The van der Waals surface area contributed by atoms with Gasteiger partial charge in [-0.3, -0.25) is 9.48 Å². The van der Waals surface area contributed by atoms with Crippen LogP contribution in [-0.2, 0) is 21.2 Å². The lowest BCUT2D eigenvalue weighted by Crippen LogP contribution is -2.28. The molecule has 3 heterocycles. The van der Waals surface area contributed by atoms with E-state index >= 15 is 0 Å². The molecule has 0 saturated carbocycles. The molecule has 1 atom stereocenters. The van der Waals surface area contributed by atoms with Gasteiger partial charge in [0.1, 0.15) is 5.69 Å². The van der Waals surface area contributed by atoms with E-state index in [1.54, 1.807) is 17.4 Å². The highest BCUT2D eigenvalue weighted by Gasteiger charge is 2.27. The third kappa shape index (κ3) is 5.25. The lowest BCUT2D eigenvalue weighted by molar-refractivity contribution is -0.116. The molecule has 1 unspecified atom stereocenters. The van der Waals surface area contributed by atoms with Gasteiger partial charge in [0.2, 0.25) is 5.91 Å². The first-order valence-electron chi connectivity index (χ1n) is 9.80. The molecule has 1 aromatic carbocycles. The fraction of sp³-hybridized carbons (Fsp3) is 0.273. The first-order valence-corrected chi connectivity index (χ1v) is 12.5. The summed E-state index contributed by atoms with van der Waals surface area (Å²) >= 11 is 1.60. The summed E-state index contributed by atoms with van der Waals surface area (Å²) < 4.78 is 25.0. The third-order valence-corrected chi connectivity index (χ3v) is 7.75. The highest BCUT2D eigenvalue weighted by Crippen LogP contribution is 2.27. The number of aromatic nitrogens is 2. The Hall–Kier alpha value is -2.71. The maximum atomic E-state index is 12.3. The highest BCUT2D eigenvalue weighted by atomic mass is 32.2. The molecule has 0 spiro atoms. The number of nitrogens with one attached hydrogen (secondary N) is 1. The van der Waals surface area contributed by atoms with Gasteiger partial charge in [0.25, 0.3) is 0 Å². The summed E-state index contributed by atoms with van der Waals surface area (Å²) in [5, 5.41) is 9.55. The van der Waals surface area contributed by atoms with Crippen molar-refractivity contribution >= 4 is 33.2 Å². The molecule has 1 amide bonds. The zero-order valence-electron chi connectivity index (χ0n) is 16.4. The zero-order chi connectivity index (χ0) is 21.0. The van der Waals surface area contributed by atoms with Gasteiger partial charge in [0.15, 0.2) is 9.84 Å². The Morgan fingerprint density at radius 3 is 2.77 bits per heavy atom. The Morgan fingerprint density at radius 2 is 2.07 bits per heavy atom. The van der Waals surface area contributed by atoms with Crippen molar-refractivity contribution in [2.75, 3.05) is 18.1 Å². The number of amides is 1. The number of rotatable bonds is 7. The monoisotopic (exact) mass is 441 g/mol. The standard InChI is InChI=1S/C22H23N3O3S2/c26-21(23-13-18-10-12-30(27,28)16-18)9-8-19-15-25(14-17-5-2-1-3-6-17)24-22(19)20-7-4-11-29-20/h1-9,11,15,18H,10,12-14,16H2,(H,23,26). The number of carbonyl (C=O) groups excluding carboxylic acids is 1. The second-order valence-corrected chi connectivity index (χ2v) is 10.6. The van der Waals surface area contributed by atoms with Crippen molar-refractivity contribution in [3.8, 4) is 10.6 Å². The number of carbonyl (C=O) groups is 1. The summed E-state index contributed by atoms with van der Waals surface area (Å²) in [4.78, 5) is 13.3. The summed E-state index contributed by atoms with van der Waals surface area (Å²) in [5.74, 6) is 0.148. The number of nitrogens with zero attached hydrogens (tertiary/aromatic N) is 2. The zero-order valence-corrected chi connectivity index (χ0v) is 18.0. The highest BCUT2D eigenvalue weighted by molar-refractivity contribution is 7.91. The molecule has 30 heavy (non-hydrogen) atoms. The average Bonchev–Trinajstić information content (AvgIpc) is 3.45. The van der Waals surface area contributed by atoms with Gasteiger partial charge < -0.3 is 5.32 Å². The fourth-order valence-corrected chi connectivity index (χ4v) is 6.11. The van der Waals surface area contributed by atoms with Gasteiger partial charge in [-0.2, -0.15) is 5.10 Å². The largest absolute Gasteiger partial charge is 0.352 e. The molecule has 156 valence electrons. The van der Waals surface area contributed by atoms with Crippen molar-refractivity contribution in [2.45, 2.75) is 13.0 Å². The molecule has 3 aromatic rings. The van der Waals surface area contributed by atoms with Gasteiger partial charge in [-0.25, -0.2) is 8.42 Å². The lowest BCUT2D eigenvalue weighted by atomic mass is 10.1. The molecule has 6 nitrogen and oxygen atoms in total. The summed E-state index contributed by atoms with van der Waals surface area (Å²) in [5.41, 5.74) is 2.86. The molecule has 0 aliphatic carbocycles. The van der Waals surface area contributed by atoms with Gasteiger partial charge in [0.05, 0.1) is 22.9 Å². The van der Waals surface area contributed by atoms with Crippen molar-refractivity contribution in [2.24, 2.45) is 5.92 Å². The number of sulfone groups is 1. The minimum absolute atomic E-state index is 0.00246. The number of benzene rings is 1. The molecular weight excluding hydrogens is 418 g/mol. The van der Waals surface area contributed by atoms with Crippen LogP contribution >= 0.6 is 11.3 Å². The summed E-state index contributed by atoms with van der Waals surface area (Å²) in [6.45, 7) is 1.03. The molecule has 1 saturated heterocycles. The Labute approximate surface area is 180 Å². The topological polar surface area (TPSA) is 81.1 Å². The average molecular weight is 442 g/mol. The predicted octanol–water partition coefficient (Wildman–Crippen LogP) is 3.22. The molecule has 1 fully saturated rings. The molecule has 1 N–H and O–H groups in total. The summed E-state index contributed by atoms with van der Waals surface area (Å²) in [6.07, 6.45) is 5.81. The van der Waals surface area contributed by atoms with Crippen molar-refractivity contribution < 1.29 is 13.2 Å². The van der Waals surface area contributed by atoms with Crippen LogP contribution in [0.3, 0.4) is 0 Å². The molecule has 0 bridgehead atoms. The van der Waals surface area contributed by atoms with E-state index in [2.05, 4.69) is 17.4 Å². The van der Waals surface area contributed by atoms with Crippen LogP contribution in [-0.4, -0.2) is 42.2 Å². The SMILES string of the molecule is O=C(C=Cc1cn(Cc2ccccc2)nc1-c1cccs1)NCC1CCS(=O)(=O)C1. The smallest absolute Gasteiger partial charge is 0.244 e.